The van der Waals surface area contributed by atoms with Gasteiger partial charge in [0.1, 0.15) is 0 Å². The zero-order valence-corrected chi connectivity index (χ0v) is 11.8. The van der Waals surface area contributed by atoms with Crippen molar-refractivity contribution in [1.29, 1.82) is 0 Å². The van der Waals surface area contributed by atoms with Crippen molar-refractivity contribution >= 4 is 22.7 Å². The predicted octanol–water partition coefficient (Wildman–Crippen LogP) is 0.550. The van der Waals surface area contributed by atoms with Gasteiger partial charge in [-0.2, -0.15) is 0 Å². The summed E-state index contributed by atoms with van der Waals surface area (Å²) >= 11 is 0. The van der Waals surface area contributed by atoms with Crippen molar-refractivity contribution in [2.45, 2.75) is 6.04 Å². The molecule has 0 saturated carbocycles. The van der Waals surface area contributed by atoms with E-state index in [1.165, 1.54) is 12.1 Å². The molecule has 1 saturated heterocycles. The Morgan fingerprint density at radius 3 is 3.05 bits per heavy atom. The summed E-state index contributed by atoms with van der Waals surface area (Å²) < 4.78 is 0. The van der Waals surface area contributed by atoms with Gasteiger partial charge in [-0.05, 0) is 13.1 Å². The van der Waals surface area contributed by atoms with Crippen LogP contribution in [0.5, 0.6) is 0 Å². The first-order chi connectivity index (χ1) is 10.1. The maximum absolute atomic E-state index is 10.8. The number of nitro benzene ring substituents is 1. The Kier molecular flexibility index (Phi) is 3.48. The molecule has 112 valence electrons. The second-order valence-electron chi connectivity index (χ2n) is 5.36. The van der Waals surface area contributed by atoms with Crippen LogP contribution in [0.1, 0.15) is 0 Å². The first-order valence-electron chi connectivity index (χ1n) is 6.88. The minimum Gasteiger partial charge on any atom is -0.336 e. The first-order valence-corrected chi connectivity index (χ1v) is 6.88. The van der Waals surface area contributed by atoms with Crippen LogP contribution in [-0.2, 0) is 0 Å². The molecule has 2 aromatic rings. The van der Waals surface area contributed by atoms with Crippen molar-refractivity contribution in [3.8, 4) is 0 Å². The number of aromatic amines is 1. The number of anilines is 1. The number of imidazole rings is 1. The summed E-state index contributed by atoms with van der Waals surface area (Å²) in [5.74, 6) is 0.731. The minimum absolute atomic E-state index is 0.0615. The van der Waals surface area contributed by atoms with E-state index in [1.54, 1.807) is 6.07 Å². The first kappa shape index (κ1) is 13.8. The summed E-state index contributed by atoms with van der Waals surface area (Å²) in [7, 11) is 2.07. The number of rotatable bonds is 3. The molecule has 0 spiro atoms. The molecule has 1 fully saturated rings. The van der Waals surface area contributed by atoms with E-state index in [-0.39, 0.29) is 11.7 Å². The lowest BCUT2D eigenvalue weighted by Gasteiger charge is -2.39. The topological polar surface area (TPSA) is 104 Å². The second kappa shape index (κ2) is 5.30. The Morgan fingerprint density at radius 1 is 1.52 bits per heavy atom. The van der Waals surface area contributed by atoms with E-state index in [9.17, 15) is 10.1 Å². The molecular weight excluding hydrogens is 272 g/mol. The van der Waals surface area contributed by atoms with Gasteiger partial charge in [-0.3, -0.25) is 10.1 Å². The number of nitrogens with one attached hydrogen (secondary N) is 1. The number of fused-ring (bicyclic) bond motifs is 1. The van der Waals surface area contributed by atoms with Crippen LogP contribution in [-0.4, -0.2) is 59.1 Å². The maximum Gasteiger partial charge on any atom is 0.271 e. The zero-order chi connectivity index (χ0) is 15.0. The average molecular weight is 290 g/mol. The van der Waals surface area contributed by atoms with E-state index in [0.29, 0.717) is 12.1 Å². The summed E-state index contributed by atoms with van der Waals surface area (Å²) in [4.78, 5) is 22.5. The molecule has 1 aromatic heterocycles. The van der Waals surface area contributed by atoms with E-state index in [1.807, 2.05) is 0 Å². The molecule has 1 atom stereocenters. The number of likely N-dealkylation sites (N-methyl/N-ethyl adjacent to an activating group) is 1. The van der Waals surface area contributed by atoms with Crippen molar-refractivity contribution in [3.05, 3.63) is 28.3 Å². The van der Waals surface area contributed by atoms with Crippen molar-refractivity contribution in [2.24, 2.45) is 5.73 Å². The van der Waals surface area contributed by atoms with Gasteiger partial charge < -0.3 is 20.5 Å². The highest BCUT2D eigenvalue weighted by molar-refractivity contribution is 5.80. The van der Waals surface area contributed by atoms with Gasteiger partial charge in [0.15, 0.2) is 0 Å². The van der Waals surface area contributed by atoms with Crippen molar-refractivity contribution in [2.75, 3.05) is 38.1 Å². The molecule has 1 aromatic carbocycles. The van der Waals surface area contributed by atoms with Gasteiger partial charge >= 0.3 is 0 Å². The van der Waals surface area contributed by atoms with Crippen molar-refractivity contribution in [3.63, 3.8) is 0 Å². The number of non-ortho nitro benzene ring substituents is 1. The molecule has 1 unspecified atom stereocenters. The molecule has 1 aliphatic heterocycles. The summed E-state index contributed by atoms with van der Waals surface area (Å²) in [6.07, 6.45) is 0. The summed E-state index contributed by atoms with van der Waals surface area (Å²) in [6, 6.07) is 4.84. The quantitative estimate of drug-likeness (QED) is 0.632. The normalized spacial score (nSPS) is 20.1. The maximum atomic E-state index is 10.8. The van der Waals surface area contributed by atoms with Crippen LogP contribution >= 0.6 is 0 Å². The summed E-state index contributed by atoms with van der Waals surface area (Å²) in [5.41, 5.74) is 7.32. The van der Waals surface area contributed by atoms with Crippen LogP contribution in [0.2, 0.25) is 0 Å². The number of hydrogen-bond donors (Lipinski definition) is 2. The average Bonchev–Trinajstić information content (AvgIpc) is 2.89. The van der Waals surface area contributed by atoms with Crippen LogP contribution in [0.15, 0.2) is 18.2 Å². The molecule has 3 rings (SSSR count). The molecule has 8 heteroatoms. The van der Waals surface area contributed by atoms with E-state index < -0.39 is 4.92 Å². The molecule has 0 amide bonds. The third-order valence-electron chi connectivity index (χ3n) is 3.89. The lowest BCUT2D eigenvalue weighted by atomic mass is 10.2. The summed E-state index contributed by atoms with van der Waals surface area (Å²) in [5, 5.41) is 10.8. The van der Waals surface area contributed by atoms with Crippen LogP contribution in [0, 0.1) is 10.1 Å². The van der Waals surface area contributed by atoms with Crippen molar-refractivity contribution < 1.29 is 4.92 Å². The largest absolute Gasteiger partial charge is 0.336 e. The van der Waals surface area contributed by atoms with E-state index in [0.717, 1.165) is 31.1 Å². The fraction of sp³-hybridized carbons (Fsp3) is 0.462. The molecule has 0 aliphatic carbocycles. The smallest absolute Gasteiger partial charge is 0.271 e. The lowest BCUT2D eigenvalue weighted by Crippen LogP contribution is -2.55. The monoisotopic (exact) mass is 290 g/mol. The Balaban J connectivity index is 1.94. The van der Waals surface area contributed by atoms with Crippen LogP contribution in [0.25, 0.3) is 11.0 Å². The highest BCUT2D eigenvalue weighted by Crippen LogP contribution is 2.24. The Bertz CT molecular complexity index is 670. The number of H-pyrrole nitrogens is 1. The highest BCUT2D eigenvalue weighted by atomic mass is 16.6. The summed E-state index contributed by atoms with van der Waals surface area (Å²) in [6.45, 7) is 3.20. The fourth-order valence-corrected chi connectivity index (χ4v) is 2.72. The van der Waals surface area contributed by atoms with Crippen molar-refractivity contribution in [1.82, 2.24) is 14.9 Å². The molecule has 8 nitrogen and oxygen atoms in total. The second-order valence-corrected chi connectivity index (χ2v) is 5.36. The number of nitrogens with two attached hydrogens (primary N) is 1. The van der Waals surface area contributed by atoms with E-state index in [4.69, 9.17) is 5.73 Å². The van der Waals surface area contributed by atoms with Gasteiger partial charge in [0.2, 0.25) is 5.95 Å². The number of aromatic nitrogens is 2. The lowest BCUT2D eigenvalue weighted by molar-refractivity contribution is -0.384. The third kappa shape index (κ3) is 2.55. The van der Waals surface area contributed by atoms with Gasteiger partial charge in [0, 0.05) is 38.3 Å². The van der Waals surface area contributed by atoms with Crippen LogP contribution in [0.3, 0.4) is 0 Å². The van der Waals surface area contributed by atoms with Crippen LogP contribution in [0.4, 0.5) is 11.6 Å². The molecule has 3 N–H and O–H groups in total. The molecule has 1 aliphatic rings. The van der Waals surface area contributed by atoms with Gasteiger partial charge in [-0.25, -0.2) is 4.98 Å². The predicted molar refractivity (Wildman–Crippen MR) is 80.4 cm³/mol. The minimum atomic E-state index is -0.404. The number of hydrogen-bond acceptors (Lipinski definition) is 6. The third-order valence-corrected chi connectivity index (χ3v) is 3.89. The zero-order valence-electron chi connectivity index (χ0n) is 11.8. The Morgan fingerprint density at radius 2 is 2.33 bits per heavy atom. The molecule has 0 bridgehead atoms. The van der Waals surface area contributed by atoms with Gasteiger partial charge in [0.05, 0.1) is 22.0 Å². The van der Waals surface area contributed by atoms with E-state index in [2.05, 4.69) is 26.8 Å². The Hall–Kier alpha value is -2.19. The van der Waals surface area contributed by atoms with Gasteiger partial charge in [-0.15, -0.1) is 0 Å². The number of benzene rings is 1. The Labute approximate surface area is 121 Å². The molecule has 21 heavy (non-hydrogen) atoms. The van der Waals surface area contributed by atoms with Gasteiger partial charge in [-0.1, -0.05) is 0 Å². The standard InChI is InChI=1S/C13H18N6O2/c1-17-4-5-18(10(7-14)8-17)13-15-11-3-2-9(19(20)21)6-12(11)16-13/h2-3,6,10H,4-5,7-8,14H2,1H3,(H,15,16). The fourth-order valence-electron chi connectivity index (χ4n) is 2.72. The SMILES string of the molecule is CN1CCN(c2nc3ccc([N+](=O)[O-])cc3[nH]2)C(CN)C1. The van der Waals surface area contributed by atoms with Crippen LogP contribution < -0.4 is 10.6 Å². The molecular formula is C13H18N6O2. The molecule has 2 heterocycles. The van der Waals surface area contributed by atoms with Gasteiger partial charge in [0.25, 0.3) is 5.69 Å². The number of piperazine rings is 1. The molecule has 0 radical (unpaired) electrons. The van der Waals surface area contributed by atoms with E-state index >= 15 is 0 Å². The number of nitrogens with zero attached hydrogens (tertiary/aromatic N) is 4. The number of nitro groups is 1. The highest BCUT2D eigenvalue weighted by Gasteiger charge is 2.26.